The smallest absolute Gasteiger partial charge is 0.410 e. The zero-order valence-corrected chi connectivity index (χ0v) is 17.1. The van der Waals surface area contributed by atoms with E-state index >= 15 is 0 Å². The van der Waals surface area contributed by atoms with Gasteiger partial charge in [-0.1, -0.05) is 0 Å². The lowest BCUT2D eigenvalue weighted by Crippen LogP contribution is -2.43. The fourth-order valence-electron chi connectivity index (χ4n) is 2.93. The molecule has 12 heteroatoms. The Morgan fingerprint density at radius 2 is 1.97 bits per heavy atom. The molecule has 1 fully saturated rings. The summed E-state index contributed by atoms with van der Waals surface area (Å²) < 4.78 is 5.25. The predicted molar refractivity (Wildman–Crippen MR) is 111 cm³/mol. The number of carbonyl (C=O) groups excluding carboxylic acids is 2. The van der Waals surface area contributed by atoms with Crippen molar-refractivity contribution < 1.29 is 29.2 Å². The number of carboxylic acids is 1. The number of hydrogen-bond acceptors (Lipinski definition) is 8. The molecule has 1 aromatic heterocycles. The van der Waals surface area contributed by atoms with E-state index in [-0.39, 0.29) is 29.0 Å². The molecule has 10 nitrogen and oxygen atoms in total. The molecule has 158 valence electrons. The van der Waals surface area contributed by atoms with Gasteiger partial charge in [0, 0.05) is 23.9 Å². The van der Waals surface area contributed by atoms with Crippen LogP contribution in [0.4, 0.5) is 15.5 Å². The quantitative estimate of drug-likeness (QED) is 0.348. The summed E-state index contributed by atoms with van der Waals surface area (Å²) in [6.07, 6.45) is -0.388. The van der Waals surface area contributed by atoms with E-state index in [1.807, 2.05) is 0 Å². The Morgan fingerprint density at radius 1 is 1.27 bits per heavy atom. The maximum atomic E-state index is 12.6. The van der Waals surface area contributed by atoms with Gasteiger partial charge in [-0.25, -0.2) is 9.59 Å². The molecule has 0 spiro atoms. The predicted octanol–water partition coefficient (Wildman–Crippen LogP) is 3.00. The SMILES string of the molecule is O=C(O)c1ccc(NC(=O)C2CC(S)CN2C(=O)OCc2ccc([N+](=O)[O-])cc2)s1. The summed E-state index contributed by atoms with van der Waals surface area (Å²) in [4.78, 5) is 47.6. The van der Waals surface area contributed by atoms with Crippen molar-refractivity contribution in [2.24, 2.45) is 0 Å². The Balaban J connectivity index is 1.61. The van der Waals surface area contributed by atoms with Gasteiger partial charge in [0.15, 0.2) is 0 Å². The van der Waals surface area contributed by atoms with E-state index in [1.165, 1.54) is 41.3 Å². The number of nitrogens with zero attached hydrogens (tertiary/aromatic N) is 2. The molecule has 0 radical (unpaired) electrons. The van der Waals surface area contributed by atoms with Gasteiger partial charge in [0.05, 0.1) is 9.92 Å². The number of carboxylic acid groups (broad SMARTS) is 1. The monoisotopic (exact) mass is 451 g/mol. The second-order valence-corrected chi connectivity index (χ2v) is 8.31. The Bertz CT molecular complexity index is 976. The summed E-state index contributed by atoms with van der Waals surface area (Å²) in [5.74, 6) is -1.55. The van der Waals surface area contributed by atoms with Gasteiger partial charge in [-0.05, 0) is 36.2 Å². The molecular formula is C18H17N3O7S2. The number of nitro groups is 1. The second kappa shape index (κ2) is 9.13. The number of benzene rings is 1. The van der Waals surface area contributed by atoms with Crippen molar-refractivity contribution in [2.45, 2.75) is 24.3 Å². The molecule has 2 unspecified atom stereocenters. The van der Waals surface area contributed by atoms with Crippen LogP contribution in [0.5, 0.6) is 0 Å². The van der Waals surface area contributed by atoms with Crippen LogP contribution in [0.2, 0.25) is 0 Å². The van der Waals surface area contributed by atoms with Gasteiger partial charge in [-0.15, -0.1) is 11.3 Å². The average molecular weight is 451 g/mol. The molecule has 1 aliphatic heterocycles. The first-order chi connectivity index (χ1) is 14.2. The van der Waals surface area contributed by atoms with Crippen molar-refractivity contribution in [1.29, 1.82) is 0 Å². The lowest BCUT2D eigenvalue weighted by atomic mass is 10.2. The molecule has 0 aliphatic carbocycles. The van der Waals surface area contributed by atoms with Crippen molar-refractivity contribution in [3.05, 3.63) is 57.0 Å². The molecule has 1 saturated heterocycles. The summed E-state index contributed by atoms with van der Waals surface area (Å²) in [5, 5.41) is 22.4. The van der Waals surface area contributed by atoms with Gasteiger partial charge in [0.25, 0.3) is 5.69 Å². The summed E-state index contributed by atoms with van der Waals surface area (Å²) in [6, 6.07) is 7.64. The third-order valence-electron chi connectivity index (χ3n) is 4.39. The molecule has 2 amide bonds. The third kappa shape index (κ3) is 5.07. The highest BCUT2D eigenvalue weighted by atomic mass is 32.1. The number of nitro benzene ring substituents is 1. The first-order valence-corrected chi connectivity index (χ1v) is 10.1. The number of rotatable bonds is 6. The van der Waals surface area contributed by atoms with Crippen LogP contribution < -0.4 is 5.32 Å². The van der Waals surface area contributed by atoms with Gasteiger partial charge in [-0.2, -0.15) is 12.6 Å². The van der Waals surface area contributed by atoms with Crippen LogP contribution in [0.25, 0.3) is 0 Å². The van der Waals surface area contributed by atoms with Crippen molar-refractivity contribution in [3.8, 4) is 0 Å². The number of non-ortho nitro benzene ring substituents is 1. The van der Waals surface area contributed by atoms with E-state index in [1.54, 1.807) is 0 Å². The molecule has 2 heterocycles. The van der Waals surface area contributed by atoms with Crippen LogP contribution >= 0.6 is 24.0 Å². The topological polar surface area (TPSA) is 139 Å². The number of hydrogen-bond donors (Lipinski definition) is 3. The fourth-order valence-corrected chi connectivity index (χ4v) is 4.05. The minimum Gasteiger partial charge on any atom is -0.477 e. The van der Waals surface area contributed by atoms with Crippen LogP contribution in [-0.2, 0) is 16.1 Å². The van der Waals surface area contributed by atoms with Crippen LogP contribution in [-0.4, -0.2) is 50.7 Å². The van der Waals surface area contributed by atoms with E-state index in [2.05, 4.69) is 17.9 Å². The largest absolute Gasteiger partial charge is 0.477 e. The lowest BCUT2D eigenvalue weighted by molar-refractivity contribution is -0.384. The zero-order chi connectivity index (χ0) is 21.8. The minimum atomic E-state index is -1.09. The van der Waals surface area contributed by atoms with Gasteiger partial charge >= 0.3 is 12.1 Å². The fraction of sp³-hybridized carbons (Fsp3) is 0.278. The first kappa shape index (κ1) is 21.6. The van der Waals surface area contributed by atoms with E-state index < -0.39 is 28.9 Å². The molecule has 3 rings (SSSR count). The van der Waals surface area contributed by atoms with Crippen molar-refractivity contribution in [1.82, 2.24) is 4.90 Å². The van der Waals surface area contributed by atoms with Crippen LogP contribution in [0.3, 0.4) is 0 Å². The molecule has 1 aliphatic rings. The van der Waals surface area contributed by atoms with Crippen molar-refractivity contribution >= 4 is 52.6 Å². The highest BCUT2D eigenvalue weighted by Gasteiger charge is 2.39. The number of thiol groups is 1. The number of thiophene rings is 1. The third-order valence-corrected chi connectivity index (χ3v) is 5.75. The number of nitrogens with one attached hydrogen (secondary N) is 1. The zero-order valence-electron chi connectivity index (χ0n) is 15.4. The number of amides is 2. The highest BCUT2D eigenvalue weighted by Crippen LogP contribution is 2.27. The lowest BCUT2D eigenvalue weighted by Gasteiger charge is -2.23. The maximum Gasteiger partial charge on any atom is 0.410 e. The second-order valence-electron chi connectivity index (χ2n) is 6.49. The van der Waals surface area contributed by atoms with Gasteiger partial charge in [0.1, 0.15) is 17.5 Å². The van der Waals surface area contributed by atoms with E-state index in [0.717, 1.165) is 11.3 Å². The van der Waals surface area contributed by atoms with E-state index in [4.69, 9.17) is 9.84 Å². The van der Waals surface area contributed by atoms with E-state index in [0.29, 0.717) is 17.0 Å². The maximum absolute atomic E-state index is 12.6. The number of ether oxygens (including phenoxy) is 1. The number of carbonyl (C=O) groups is 3. The Morgan fingerprint density at radius 3 is 2.57 bits per heavy atom. The normalized spacial score (nSPS) is 18.1. The first-order valence-electron chi connectivity index (χ1n) is 8.73. The molecule has 30 heavy (non-hydrogen) atoms. The summed E-state index contributed by atoms with van der Waals surface area (Å²) >= 11 is 5.27. The molecule has 1 aromatic carbocycles. The Hall–Kier alpha value is -3.12. The molecule has 0 bridgehead atoms. The van der Waals surface area contributed by atoms with Gasteiger partial charge in [0.2, 0.25) is 5.91 Å². The number of likely N-dealkylation sites (tertiary alicyclic amines) is 1. The number of anilines is 1. The highest BCUT2D eigenvalue weighted by molar-refractivity contribution is 7.81. The van der Waals surface area contributed by atoms with Crippen molar-refractivity contribution in [3.63, 3.8) is 0 Å². The Labute approximate surface area is 180 Å². The van der Waals surface area contributed by atoms with Crippen LogP contribution in [0, 0.1) is 10.1 Å². The summed E-state index contributed by atoms with van der Waals surface area (Å²) in [7, 11) is 0. The summed E-state index contributed by atoms with van der Waals surface area (Å²) in [6.45, 7) is 0.108. The standard InChI is InChI=1S/C18H17N3O7S2/c22-16(19-15-6-5-14(30-15)17(23)24)13-7-12(29)8-20(13)18(25)28-9-10-1-3-11(4-2-10)21(26)27/h1-6,12-13,29H,7-9H2,(H,19,22)(H,23,24). The molecule has 2 N–H and O–H groups in total. The number of aromatic carboxylic acids is 1. The van der Waals surface area contributed by atoms with Gasteiger partial charge in [-0.3, -0.25) is 19.8 Å². The molecule has 2 aromatic rings. The molecule has 0 saturated carbocycles. The van der Waals surface area contributed by atoms with E-state index in [9.17, 15) is 24.5 Å². The van der Waals surface area contributed by atoms with Crippen molar-refractivity contribution in [2.75, 3.05) is 11.9 Å². The molecular weight excluding hydrogens is 434 g/mol. The van der Waals surface area contributed by atoms with Crippen LogP contribution in [0.1, 0.15) is 21.7 Å². The summed E-state index contributed by atoms with van der Waals surface area (Å²) in [5.41, 5.74) is 0.496. The minimum absolute atomic E-state index is 0.0705. The van der Waals surface area contributed by atoms with Gasteiger partial charge < -0.3 is 15.2 Å². The Kier molecular flexibility index (Phi) is 6.57. The van der Waals surface area contributed by atoms with Crippen LogP contribution in [0.15, 0.2) is 36.4 Å². The average Bonchev–Trinajstić information content (AvgIpc) is 3.33. The molecule has 2 atom stereocenters.